The highest BCUT2D eigenvalue weighted by Gasteiger charge is 2.16. The topological polar surface area (TPSA) is 59.1 Å². The number of halogens is 1. The van der Waals surface area contributed by atoms with Crippen LogP contribution in [0.3, 0.4) is 0 Å². The molecule has 1 heterocycles. The van der Waals surface area contributed by atoms with E-state index in [4.69, 9.17) is 0 Å². The van der Waals surface area contributed by atoms with E-state index in [2.05, 4.69) is 9.71 Å². The lowest BCUT2D eigenvalue weighted by molar-refractivity contribution is 0.601. The normalized spacial score (nSPS) is 11.4. The number of sulfonamides is 1. The Bertz CT molecular complexity index is 935. The lowest BCUT2D eigenvalue weighted by atomic mass is 10.2. The molecule has 0 spiro atoms. The average Bonchev–Trinajstić information content (AvgIpc) is 2.96. The number of nitrogens with one attached hydrogen (secondary N) is 1. The molecular formula is C16H13FN2O2S2. The summed E-state index contributed by atoms with van der Waals surface area (Å²) >= 11 is 1.18. The van der Waals surface area contributed by atoms with Crippen molar-refractivity contribution in [1.82, 2.24) is 4.98 Å². The van der Waals surface area contributed by atoms with Gasteiger partial charge in [-0.1, -0.05) is 12.1 Å². The van der Waals surface area contributed by atoms with Crippen LogP contribution in [0.15, 0.2) is 58.8 Å². The average molecular weight is 348 g/mol. The van der Waals surface area contributed by atoms with E-state index in [-0.39, 0.29) is 15.8 Å². The molecule has 2 aromatic carbocycles. The van der Waals surface area contributed by atoms with Crippen LogP contribution in [-0.4, -0.2) is 13.4 Å². The molecule has 0 atom stereocenters. The van der Waals surface area contributed by atoms with Gasteiger partial charge in [-0.05, 0) is 48.9 Å². The van der Waals surface area contributed by atoms with Gasteiger partial charge < -0.3 is 0 Å². The molecule has 0 amide bonds. The van der Waals surface area contributed by atoms with Gasteiger partial charge in [0, 0.05) is 10.9 Å². The maximum absolute atomic E-state index is 12.9. The molecule has 0 radical (unpaired) electrons. The second-order valence-electron chi connectivity index (χ2n) is 4.97. The summed E-state index contributed by atoms with van der Waals surface area (Å²) in [6.07, 6.45) is 0. The second kappa shape index (κ2) is 6.10. The van der Waals surface area contributed by atoms with Crippen LogP contribution in [-0.2, 0) is 10.0 Å². The minimum atomic E-state index is -3.67. The maximum atomic E-state index is 12.9. The standard InChI is InChI=1S/C16H13FN2O2S2/c1-11-3-2-4-14(9-11)23(20,21)19-16-18-15(10-22-16)12-5-7-13(17)8-6-12/h2-10H,1H3,(H,18,19). The van der Waals surface area contributed by atoms with E-state index in [1.807, 2.05) is 13.0 Å². The highest BCUT2D eigenvalue weighted by atomic mass is 32.2. The Morgan fingerprint density at radius 2 is 1.87 bits per heavy atom. The van der Waals surface area contributed by atoms with Crippen molar-refractivity contribution in [2.24, 2.45) is 0 Å². The summed E-state index contributed by atoms with van der Waals surface area (Å²) in [5, 5.41) is 1.99. The van der Waals surface area contributed by atoms with Crippen molar-refractivity contribution in [2.75, 3.05) is 4.72 Å². The Kier molecular flexibility index (Phi) is 4.14. The molecule has 0 unspecified atom stereocenters. The fourth-order valence-electron chi connectivity index (χ4n) is 2.03. The summed E-state index contributed by atoms with van der Waals surface area (Å²) in [5.41, 5.74) is 2.18. The largest absolute Gasteiger partial charge is 0.263 e. The summed E-state index contributed by atoms with van der Waals surface area (Å²) in [5.74, 6) is -0.329. The van der Waals surface area contributed by atoms with Gasteiger partial charge in [0.25, 0.3) is 10.0 Å². The molecule has 0 saturated carbocycles. The fourth-order valence-corrected chi connectivity index (χ4v) is 4.11. The Labute approximate surface area is 137 Å². The zero-order chi connectivity index (χ0) is 16.4. The number of aromatic nitrogens is 1. The first kappa shape index (κ1) is 15.6. The van der Waals surface area contributed by atoms with E-state index in [1.54, 1.807) is 29.6 Å². The Hall–Kier alpha value is -2.25. The molecular weight excluding hydrogens is 335 g/mol. The predicted molar refractivity (Wildman–Crippen MR) is 89.5 cm³/mol. The summed E-state index contributed by atoms with van der Waals surface area (Å²) < 4.78 is 40.1. The molecule has 0 fully saturated rings. The third kappa shape index (κ3) is 3.57. The van der Waals surface area contributed by atoms with Crippen molar-refractivity contribution in [3.63, 3.8) is 0 Å². The first-order chi connectivity index (χ1) is 10.9. The van der Waals surface area contributed by atoms with Crippen LogP contribution in [0.25, 0.3) is 11.3 Å². The first-order valence-corrected chi connectivity index (χ1v) is 9.11. The summed E-state index contributed by atoms with van der Waals surface area (Å²) in [4.78, 5) is 4.44. The van der Waals surface area contributed by atoms with E-state index in [9.17, 15) is 12.8 Å². The number of benzene rings is 2. The van der Waals surface area contributed by atoms with Gasteiger partial charge in [0.15, 0.2) is 5.13 Å². The van der Waals surface area contributed by atoms with Crippen molar-refractivity contribution in [3.8, 4) is 11.3 Å². The van der Waals surface area contributed by atoms with Gasteiger partial charge in [0.05, 0.1) is 10.6 Å². The van der Waals surface area contributed by atoms with E-state index in [0.717, 1.165) is 11.1 Å². The van der Waals surface area contributed by atoms with Crippen LogP contribution >= 0.6 is 11.3 Å². The zero-order valence-electron chi connectivity index (χ0n) is 12.2. The van der Waals surface area contributed by atoms with Crippen LogP contribution in [0.1, 0.15) is 5.56 Å². The van der Waals surface area contributed by atoms with Gasteiger partial charge in [-0.25, -0.2) is 17.8 Å². The van der Waals surface area contributed by atoms with Crippen LogP contribution in [0.4, 0.5) is 9.52 Å². The molecule has 7 heteroatoms. The van der Waals surface area contributed by atoms with Gasteiger partial charge in [0.2, 0.25) is 0 Å². The Morgan fingerprint density at radius 1 is 1.13 bits per heavy atom. The minimum absolute atomic E-state index is 0.191. The Morgan fingerprint density at radius 3 is 2.57 bits per heavy atom. The van der Waals surface area contributed by atoms with E-state index >= 15 is 0 Å². The number of anilines is 1. The smallest absolute Gasteiger partial charge is 0.255 e. The summed E-state index contributed by atoms with van der Waals surface area (Å²) in [7, 11) is -3.67. The molecule has 0 aliphatic heterocycles. The number of aryl methyl sites for hydroxylation is 1. The third-order valence-corrected chi connectivity index (χ3v) is 5.39. The highest BCUT2D eigenvalue weighted by molar-refractivity contribution is 7.93. The molecule has 1 N–H and O–H groups in total. The van der Waals surface area contributed by atoms with Gasteiger partial charge in [0.1, 0.15) is 5.82 Å². The Balaban J connectivity index is 1.85. The number of hydrogen-bond acceptors (Lipinski definition) is 4. The molecule has 3 aromatic rings. The van der Waals surface area contributed by atoms with Gasteiger partial charge in [-0.3, -0.25) is 4.72 Å². The molecule has 0 bridgehead atoms. The molecule has 23 heavy (non-hydrogen) atoms. The molecule has 0 saturated heterocycles. The van der Waals surface area contributed by atoms with E-state index < -0.39 is 10.0 Å². The van der Waals surface area contributed by atoms with Crippen molar-refractivity contribution < 1.29 is 12.8 Å². The molecule has 1 aromatic heterocycles. The summed E-state index contributed by atoms with van der Waals surface area (Å²) in [6.45, 7) is 1.83. The molecule has 3 rings (SSSR count). The molecule has 4 nitrogen and oxygen atoms in total. The highest BCUT2D eigenvalue weighted by Crippen LogP contribution is 2.26. The monoisotopic (exact) mass is 348 g/mol. The lowest BCUT2D eigenvalue weighted by Gasteiger charge is -2.05. The maximum Gasteiger partial charge on any atom is 0.263 e. The van der Waals surface area contributed by atoms with Crippen molar-refractivity contribution in [1.29, 1.82) is 0 Å². The van der Waals surface area contributed by atoms with Crippen LogP contribution in [0.5, 0.6) is 0 Å². The number of thiazole rings is 1. The van der Waals surface area contributed by atoms with Gasteiger partial charge in [-0.2, -0.15) is 0 Å². The number of hydrogen-bond donors (Lipinski definition) is 1. The third-order valence-electron chi connectivity index (χ3n) is 3.17. The predicted octanol–water partition coefficient (Wildman–Crippen LogP) is 4.06. The SMILES string of the molecule is Cc1cccc(S(=O)(=O)Nc2nc(-c3ccc(F)cc3)cs2)c1. The van der Waals surface area contributed by atoms with Crippen molar-refractivity contribution in [2.45, 2.75) is 11.8 Å². The van der Waals surface area contributed by atoms with E-state index in [1.165, 1.54) is 29.5 Å². The minimum Gasteiger partial charge on any atom is -0.255 e. The zero-order valence-corrected chi connectivity index (χ0v) is 13.8. The van der Waals surface area contributed by atoms with Crippen LogP contribution in [0, 0.1) is 12.7 Å². The number of nitrogens with zero attached hydrogens (tertiary/aromatic N) is 1. The quantitative estimate of drug-likeness (QED) is 0.773. The van der Waals surface area contributed by atoms with Gasteiger partial charge >= 0.3 is 0 Å². The molecule has 0 aliphatic carbocycles. The van der Waals surface area contributed by atoms with Crippen LogP contribution < -0.4 is 4.72 Å². The van der Waals surface area contributed by atoms with Crippen molar-refractivity contribution in [3.05, 3.63) is 65.3 Å². The molecule has 0 aliphatic rings. The number of rotatable bonds is 4. The summed E-state index contributed by atoms with van der Waals surface area (Å²) in [6, 6.07) is 12.5. The lowest BCUT2D eigenvalue weighted by Crippen LogP contribution is -2.12. The second-order valence-corrected chi connectivity index (χ2v) is 7.51. The van der Waals surface area contributed by atoms with Gasteiger partial charge in [-0.15, -0.1) is 11.3 Å². The first-order valence-electron chi connectivity index (χ1n) is 6.75. The molecule has 118 valence electrons. The van der Waals surface area contributed by atoms with Crippen molar-refractivity contribution >= 4 is 26.5 Å². The van der Waals surface area contributed by atoms with Crippen LogP contribution in [0.2, 0.25) is 0 Å². The fraction of sp³-hybridized carbons (Fsp3) is 0.0625. The van der Waals surface area contributed by atoms with E-state index in [0.29, 0.717) is 5.69 Å².